The first-order valence-electron chi connectivity index (χ1n) is 4.47. The van der Waals surface area contributed by atoms with Gasteiger partial charge in [-0.1, -0.05) is 12.1 Å². The van der Waals surface area contributed by atoms with E-state index in [0.717, 1.165) is 10.2 Å². The van der Waals surface area contributed by atoms with Gasteiger partial charge in [0.05, 0.1) is 11.2 Å². The van der Waals surface area contributed by atoms with E-state index in [2.05, 4.69) is 0 Å². The molecule has 1 aromatic heterocycles. The molecule has 0 unspecified atom stereocenters. The molecule has 0 bridgehead atoms. The summed E-state index contributed by atoms with van der Waals surface area (Å²) < 4.78 is 24.7. The fraction of sp³-hybridized carbons (Fsp3) is 0.111. The van der Waals surface area contributed by atoms with Gasteiger partial charge in [-0.05, 0) is 22.6 Å². The molecule has 0 spiro atoms. The van der Waals surface area contributed by atoms with Gasteiger partial charge >= 0.3 is 0 Å². The van der Waals surface area contributed by atoms with Gasteiger partial charge in [-0.3, -0.25) is 10.1 Å². The van der Waals surface area contributed by atoms with Crippen LogP contribution in [0.4, 0.5) is 5.69 Å². The van der Waals surface area contributed by atoms with E-state index in [1.807, 2.05) is 22.6 Å². The van der Waals surface area contributed by atoms with E-state index in [1.54, 1.807) is 6.07 Å². The molecule has 17 heavy (non-hydrogen) atoms. The molecule has 0 aliphatic heterocycles. The van der Waals surface area contributed by atoms with Gasteiger partial charge in [0.15, 0.2) is 0 Å². The maximum Gasteiger partial charge on any atom is 0.294 e. The van der Waals surface area contributed by atoms with Crippen molar-refractivity contribution in [3.05, 3.63) is 38.1 Å². The van der Waals surface area contributed by atoms with Crippen LogP contribution in [-0.2, 0) is 10.0 Å². The molecule has 0 saturated carbocycles. The van der Waals surface area contributed by atoms with Gasteiger partial charge in [0.25, 0.3) is 5.69 Å². The molecule has 0 radical (unpaired) electrons. The lowest BCUT2D eigenvalue weighted by Crippen LogP contribution is -2.09. The van der Waals surface area contributed by atoms with Crippen molar-refractivity contribution in [3.63, 3.8) is 0 Å². The summed E-state index contributed by atoms with van der Waals surface area (Å²) in [6.45, 7) is 0. The van der Waals surface area contributed by atoms with Crippen LogP contribution >= 0.6 is 22.6 Å². The van der Waals surface area contributed by atoms with Crippen LogP contribution in [-0.4, -0.2) is 23.6 Å². The first-order chi connectivity index (χ1) is 7.82. The third-order valence-electron chi connectivity index (χ3n) is 2.28. The molecule has 0 aliphatic rings. The number of aromatic nitrogens is 1. The van der Waals surface area contributed by atoms with E-state index in [-0.39, 0.29) is 11.2 Å². The van der Waals surface area contributed by atoms with E-state index in [0.29, 0.717) is 8.96 Å². The second-order valence-electron chi connectivity index (χ2n) is 3.47. The lowest BCUT2D eigenvalue weighted by molar-refractivity contribution is -0.383. The standard InChI is InChI=1S/C9H7IN2O4S/c1-17(15,16)11-5-7(10)6-3-2-4-8(9(6)11)12(13)14/h2-5H,1H3. The van der Waals surface area contributed by atoms with Crippen molar-refractivity contribution in [2.45, 2.75) is 0 Å². The molecule has 2 rings (SSSR count). The summed E-state index contributed by atoms with van der Waals surface area (Å²) in [4.78, 5) is 10.3. The molecule has 0 fully saturated rings. The van der Waals surface area contributed by atoms with Crippen molar-refractivity contribution in [2.24, 2.45) is 0 Å². The molecule has 8 heteroatoms. The number of non-ortho nitro benzene ring substituents is 1. The van der Waals surface area contributed by atoms with Crippen molar-refractivity contribution in [2.75, 3.05) is 6.26 Å². The van der Waals surface area contributed by atoms with Crippen LogP contribution in [0.5, 0.6) is 0 Å². The molecule has 6 nitrogen and oxygen atoms in total. The number of fused-ring (bicyclic) bond motifs is 1. The molecular weight excluding hydrogens is 359 g/mol. The number of nitro groups is 1. The summed E-state index contributed by atoms with van der Waals surface area (Å²) in [5.41, 5.74) is -0.0970. The Kier molecular flexibility index (Phi) is 2.86. The number of nitrogens with zero attached hydrogens (tertiary/aromatic N) is 2. The zero-order valence-corrected chi connectivity index (χ0v) is 11.6. The predicted octanol–water partition coefficient (Wildman–Crippen LogP) is 1.96. The zero-order chi connectivity index (χ0) is 12.8. The summed E-state index contributed by atoms with van der Waals surface area (Å²) in [5.74, 6) is 0. The Morgan fingerprint density at radius 3 is 2.59 bits per heavy atom. The highest BCUT2D eigenvalue weighted by Crippen LogP contribution is 2.31. The number of halogens is 1. The van der Waals surface area contributed by atoms with E-state index in [4.69, 9.17) is 0 Å². The first kappa shape index (κ1) is 12.3. The topological polar surface area (TPSA) is 82.2 Å². The molecular formula is C9H7IN2O4S. The Hall–Kier alpha value is -1.16. The van der Waals surface area contributed by atoms with E-state index in [9.17, 15) is 18.5 Å². The van der Waals surface area contributed by atoms with Crippen molar-refractivity contribution < 1.29 is 13.3 Å². The summed E-state index contributed by atoms with van der Waals surface area (Å²) in [5, 5.41) is 11.5. The van der Waals surface area contributed by atoms with Gasteiger partial charge in [0.1, 0.15) is 5.52 Å². The summed E-state index contributed by atoms with van der Waals surface area (Å²) >= 11 is 1.95. The van der Waals surface area contributed by atoms with E-state index in [1.165, 1.54) is 18.3 Å². The average Bonchev–Trinajstić information content (AvgIpc) is 2.56. The minimum absolute atomic E-state index is 0.115. The monoisotopic (exact) mass is 366 g/mol. The SMILES string of the molecule is CS(=O)(=O)n1cc(I)c2cccc([N+](=O)[O-])c21. The molecule has 0 atom stereocenters. The van der Waals surface area contributed by atoms with Gasteiger partial charge in [0.2, 0.25) is 10.0 Å². The maximum atomic E-state index is 11.6. The average molecular weight is 366 g/mol. The molecule has 0 saturated heterocycles. The Morgan fingerprint density at radius 1 is 1.41 bits per heavy atom. The van der Waals surface area contributed by atoms with E-state index < -0.39 is 14.9 Å². The second-order valence-corrected chi connectivity index (χ2v) is 6.49. The largest absolute Gasteiger partial charge is 0.294 e. The minimum atomic E-state index is -3.56. The highest BCUT2D eigenvalue weighted by atomic mass is 127. The van der Waals surface area contributed by atoms with Crippen LogP contribution in [0.3, 0.4) is 0 Å². The van der Waals surface area contributed by atoms with Gasteiger partial charge < -0.3 is 0 Å². The Bertz CT molecular complexity index is 720. The summed E-state index contributed by atoms with van der Waals surface area (Å²) in [6.07, 6.45) is 2.40. The lowest BCUT2D eigenvalue weighted by atomic mass is 10.2. The van der Waals surface area contributed by atoms with E-state index >= 15 is 0 Å². The third kappa shape index (κ3) is 2.02. The van der Waals surface area contributed by atoms with Crippen molar-refractivity contribution in [3.8, 4) is 0 Å². The van der Waals surface area contributed by atoms with Gasteiger partial charge in [-0.2, -0.15) is 0 Å². The lowest BCUT2D eigenvalue weighted by Gasteiger charge is -2.01. The Balaban J connectivity index is 3.02. The number of nitro benzene ring substituents is 1. The number of benzene rings is 1. The van der Waals surface area contributed by atoms with Gasteiger partial charge in [-0.25, -0.2) is 12.4 Å². The fourth-order valence-corrected chi connectivity index (χ4v) is 3.32. The smallest absolute Gasteiger partial charge is 0.258 e. The molecule has 2 aromatic rings. The Morgan fingerprint density at radius 2 is 2.06 bits per heavy atom. The van der Waals surface area contributed by atoms with Crippen LogP contribution in [0.2, 0.25) is 0 Å². The number of hydrogen-bond donors (Lipinski definition) is 0. The molecule has 1 aromatic carbocycles. The minimum Gasteiger partial charge on any atom is -0.258 e. The van der Waals surface area contributed by atoms with Crippen LogP contribution in [0.25, 0.3) is 10.9 Å². The number of para-hydroxylation sites is 1. The molecule has 90 valence electrons. The fourth-order valence-electron chi connectivity index (χ4n) is 1.60. The maximum absolute atomic E-state index is 11.6. The summed E-state index contributed by atoms with van der Waals surface area (Å²) in [7, 11) is -3.56. The molecule has 0 N–H and O–H groups in total. The Labute approximate surface area is 111 Å². The van der Waals surface area contributed by atoms with Crippen molar-refractivity contribution >= 4 is 49.2 Å². The molecule has 0 amide bonds. The zero-order valence-electron chi connectivity index (χ0n) is 8.62. The highest BCUT2D eigenvalue weighted by Gasteiger charge is 2.21. The van der Waals surface area contributed by atoms with Crippen molar-refractivity contribution in [1.82, 2.24) is 3.97 Å². The normalized spacial score (nSPS) is 11.9. The van der Waals surface area contributed by atoms with Crippen LogP contribution in [0.1, 0.15) is 0 Å². The van der Waals surface area contributed by atoms with Crippen LogP contribution < -0.4 is 0 Å². The van der Waals surface area contributed by atoms with Crippen LogP contribution in [0.15, 0.2) is 24.4 Å². The second kappa shape index (κ2) is 3.95. The quantitative estimate of drug-likeness (QED) is 0.462. The molecule has 0 aliphatic carbocycles. The number of hydrogen-bond acceptors (Lipinski definition) is 4. The van der Waals surface area contributed by atoms with Gasteiger partial charge in [0, 0.05) is 21.2 Å². The third-order valence-corrected chi connectivity index (χ3v) is 4.14. The first-order valence-corrected chi connectivity index (χ1v) is 7.39. The van der Waals surface area contributed by atoms with Crippen LogP contribution in [0, 0.1) is 13.7 Å². The van der Waals surface area contributed by atoms with Crippen molar-refractivity contribution in [1.29, 1.82) is 0 Å². The highest BCUT2D eigenvalue weighted by molar-refractivity contribution is 14.1. The number of rotatable bonds is 2. The summed E-state index contributed by atoms with van der Waals surface area (Å²) in [6, 6.07) is 4.49. The molecule has 1 heterocycles. The van der Waals surface area contributed by atoms with Gasteiger partial charge in [-0.15, -0.1) is 0 Å². The predicted molar refractivity (Wildman–Crippen MR) is 71.6 cm³/mol.